The number of likely N-dealkylation sites (tertiary alicyclic amines) is 1. The lowest BCUT2D eigenvalue weighted by Crippen LogP contribution is -2.41. The van der Waals surface area contributed by atoms with E-state index < -0.39 is 0 Å². The van der Waals surface area contributed by atoms with Crippen LogP contribution in [-0.2, 0) is 17.7 Å². The first kappa shape index (κ1) is 20.6. The zero-order valence-corrected chi connectivity index (χ0v) is 18.5. The van der Waals surface area contributed by atoms with Crippen LogP contribution in [0.5, 0.6) is 0 Å². The fraction of sp³-hybridized carbons (Fsp3) is 0.522. The second-order valence-electron chi connectivity index (χ2n) is 8.61. The van der Waals surface area contributed by atoms with Crippen molar-refractivity contribution < 1.29 is 9.53 Å². The van der Waals surface area contributed by atoms with Gasteiger partial charge < -0.3 is 14.6 Å². The van der Waals surface area contributed by atoms with Gasteiger partial charge in [0.25, 0.3) is 11.5 Å². The number of aromatic amines is 1. The zero-order chi connectivity index (χ0) is 21.2. The largest absolute Gasteiger partial charge is 0.377 e. The molecule has 0 aliphatic carbocycles. The van der Waals surface area contributed by atoms with E-state index in [1.54, 1.807) is 4.90 Å². The Hall–Kier alpha value is -2.29. The fourth-order valence-electron chi connectivity index (χ4n) is 4.80. The Balaban J connectivity index is 1.29. The average Bonchev–Trinajstić information content (AvgIpc) is 3.34. The van der Waals surface area contributed by atoms with E-state index in [9.17, 15) is 9.59 Å². The number of piperidine rings is 1. The summed E-state index contributed by atoms with van der Waals surface area (Å²) in [7, 11) is 0. The van der Waals surface area contributed by atoms with Gasteiger partial charge in [-0.05, 0) is 42.8 Å². The average molecular weight is 441 g/mol. The predicted molar refractivity (Wildman–Crippen MR) is 120 cm³/mol. The molecule has 8 heteroatoms. The number of rotatable bonds is 4. The van der Waals surface area contributed by atoms with Crippen LogP contribution < -0.4 is 5.56 Å². The molecule has 0 saturated carbocycles. The van der Waals surface area contributed by atoms with Gasteiger partial charge in [-0.3, -0.25) is 14.5 Å². The highest BCUT2D eigenvalue weighted by molar-refractivity contribution is 7.12. The first-order chi connectivity index (χ1) is 15.2. The van der Waals surface area contributed by atoms with Gasteiger partial charge in [0.05, 0.1) is 35.9 Å². The molecule has 0 unspecified atom stereocenters. The highest BCUT2D eigenvalue weighted by Crippen LogP contribution is 2.26. The number of ether oxygens (including phenoxy) is 1. The first-order valence-corrected chi connectivity index (χ1v) is 12.0. The lowest BCUT2D eigenvalue weighted by Gasteiger charge is -2.34. The van der Waals surface area contributed by atoms with E-state index in [0.29, 0.717) is 30.0 Å². The van der Waals surface area contributed by atoms with Gasteiger partial charge >= 0.3 is 0 Å². The van der Waals surface area contributed by atoms with Crippen LogP contribution in [0.3, 0.4) is 0 Å². The molecule has 0 bridgehead atoms. The molecule has 2 aromatic heterocycles. The van der Waals surface area contributed by atoms with E-state index >= 15 is 0 Å². The molecular weight excluding hydrogens is 412 g/mol. The summed E-state index contributed by atoms with van der Waals surface area (Å²) in [6.45, 7) is 5.40. The third-order valence-electron chi connectivity index (χ3n) is 6.41. The first-order valence-electron chi connectivity index (χ1n) is 11.1. The van der Waals surface area contributed by atoms with Gasteiger partial charge in [-0.25, -0.2) is 4.98 Å². The maximum Gasteiger partial charge on any atom is 0.264 e. The molecular formula is C23H28N4O3S. The topological polar surface area (TPSA) is 78.5 Å². The van der Waals surface area contributed by atoms with E-state index in [4.69, 9.17) is 9.72 Å². The molecule has 1 N–H and O–H groups in total. The van der Waals surface area contributed by atoms with E-state index in [-0.39, 0.29) is 17.4 Å². The standard InChI is InChI=1S/C23H28N4O3S/c28-22-18-14-27(23(29)20-6-3-11-31-20)9-7-19(18)24-21(25-22)17-5-1-8-26(13-17)12-16-4-2-10-30-15-16/h3-4,6,11,17H,1-2,5,7-10,12-15H2,(H,24,25,28)/t17-/m1/s1. The van der Waals surface area contributed by atoms with Gasteiger partial charge in [0.1, 0.15) is 5.82 Å². The van der Waals surface area contributed by atoms with E-state index in [1.165, 1.54) is 16.9 Å². The summed E-state index contributed by atoms with van der Waals surface area (Å²) >= 11 is 1.43. The maximum absolute atomic E-state index is 12.9. The number of nitrogens with one attached hydrogen (secondary N) is 1. The molecule has 7 nitrogen and oxygen atoms in total. The molecule has 1 fully saturated rings. The Labute approximate surface area is 185 Å². The molecule has 5 rings (SSSR count). The van der Waals surface area contributed by atoms with Crippen molar-refractivity contribution in [2.24, 2.45) is 0 Å². The normalized spacial score (nSPS) is 22.1. The van der Waals surface area contributed by atoms with Crippen LogP contribution in [0.25, 0.3) is 0 Å². The Bertz CT molecular complexity index is 1030. The Morgan fingerprint density at radius 2 is 2.29 bits per heavy atom. The molecule has 3 aliphatic rings. The summed E-state index contributed by atoms with van der Waals surface area (Å²) in [5, 5.41) is 1.90. The second-order valence-corrected chi connectivity index (χ2v) is 9.56. The Kier molecular flexibility index (Phi) is 6.02. The van der Waals surface area contributed by atoms with Crippen LogP contribution >= 0.6 is 11.3 Å². The molecule has 0 spiro atoms. The van der Waals surface area contributed by atoms with Crippen molar-refractivity contribution in [3.8, 4) is 0 Å². The lowest BCUT2D eigenvalue weighted by atomic mass is 9.95. The molecule has 2 aromatic rings. The number of carbonyl (C=O) groups excluding carboxylic acids is 1. The number of fused-ring (bicyclic) bond motifs is 1. The molecule has 3 aliphatic heterocycles. The van der Waals surface area contributed by atoms with Crippen molar-refractivity contribution in [3.05, 3.63) is 61.5 Å². The summed E-state index contributed by atoms with van der Waals surface area (Å²) in [5.74, 6) is 1.04. The molecule has 5 heterocycles. The fourth-order valence-corrected chi connectivity index (χ4v) is 5.49. The highest BCUT2D eigenvalue weighted by atomic mass is 32.1. The van der Waals surface area contributed by atoms with E-state index in [1.807, 2.05) is 17.5 Å². The van der Waals surface area contributed by atoms with Gasteiger partial charge in [0.15, 0.2) is 0 Å². The number of H-pyrrole nitrogens is 1. The predicted octanol–water partition coefficient (Wildman–Crippen LogP) is 2.56. The summed E-state index contributed by atoms with van der Waals surface area (Å²) in [6, 6.07) is 3.71. The molecule has 0 radical (unpaired) electrons. The SMILES string of the molecule is O=C(c1cccs1)N1CCc2nc([C@@H]3CCCN(CC4=CCCOC4)C3)[nH]c(=O)c2C1. The second kappa shape index (κ2) is 9.06. The monoisotopic (exact) mass is 440 g/mol. The van der Waals surface area contributed by atoms with Gasteiger partial charge in [-0.15, -0.1) is 11.3 Å². The van der Waals surface area contributed by atoms with Crippen molar-refractivity contribution in [2.75, 3.05) is 39.4 Å². The number of hydrogen-bond acceptors (Lipinski definition) is 6. The maximum atomic E-state index is 12.9. The summed E-state index contributed by atoms with van der Waals surface area (Å²) in [4.78, 5) is 38.4. The van der Waals surface area contributed by atoms with Crippen LogP contribution in [0.15, 0.2) is 34.0 Å². The van der Waals surface area contributed by atoms with Crippen LogP contribution in [0, 0.1) is 0 Å². The Morgan fingerprint density at radius 1 is 1.35 bits per heavy atom. The summed E-state index contributed by atoms with van der Waals surface area (Å²) in [5.41, 5.74) is 2.75. The quantitative estimate of drug-likeness (QED) is 0.740. The van der Waals surface area contributed by atoms with Crippen molar-refractivity contribution in [2.45, 2.75) is 38.1 Å². The number of hydrogen-bond donors (Lipinski definition) is 1. The van der Waals surface area contributed by atoms with Crippen molar-refractivity contribution >= 4 is 17.2 Å². The highest BCUT2D eigenvalue weighted by Gasteiger charge is 2.29. The minimum atomic E-state index is -0.0933. The van der Waals surface area contributed by atoms with Crippen LogP contribution in [0.4, 0.5) is 0 Å². The van der Waals surface area contributed by atoms with Crippen molar-refractivity contribution in [1.82, 2.24) is 19.8 Å². The molecule has 31 heavy (non-hydrogen) atoms. The Morgan fingerprint density at radius 3 is 3.10 bits per heavy atom. The van der Waals surface area contributed by atoms with Gasteiger partial charge in [0, 0.05) is 32.0 Å². The molecule has 164 valence electrons. The number of amides is 1. The van der Waals surface area contributed by atoms with Gasteiger partial charge in [-0.1, -0.05) is 12.1 Å². The number of thiophene rings is 1. The smallest absolute Gasteiger partial charge is 0.264 e. The zero-order valence-electron chi connectivity index (χ0n) is 17.6. The van der Waals surface area contributed by atoms with Crippen LogP contribution in [0.1, 0.15) is 51.9 Å². The van der Waals surface area contributed by atoms with E-state index in [2.05, 4.69) is 16.0 Å². The van der Waals surface area contributed by atoms with Crippen molar-refractivity contribution in [1.29, 1.82) is 0 Å². The minimum absolute atomic E-state index is 0.00644. The van der Waals surface area contributed by atoms with Crippen molar-refractivity contribution in [3.63, 3.8) is 0 Å². The van der Waals surface area contributed by atoms with E-state index in [0.717, 1.165) is 63.6 Å². The molecule has 0 aromatic carbocycles. The third-order valence-corrected chi connectivity index (χ3v) is 7.27. The van der Waals surface area contributed by atoms with Crippen LogP contribution in [0.2, 0.25) is 0 Å². The summed E-state index contributed by atoms with van der Waals surface area (Å²) in [6.07, 6.45) is 6.07. The van der Waals surface area contributed by atoms with Gasteiger partial charge in [-0.2, -0.15) is 0 Å². The van der Waals surface area contributed by atoms with Crippen LogP contribution in [-0.4, -0.2) is 65.1 Å². The summed E-state index contributed by atoms with van der Waals surface area (Å²) < 4.78 is 5.58. The lowest BCUT2D eigenvalue weighted by molar-refractivity contribution is 0.0737. The molecule has 1 saturated heterocycles. The molecule has 1 amide bonds. The van der Waals surface area contributed by atoms with Gasteiger partial charge in [0.2, 0.25) is 0 Å². The minimum Gasteiger partial charge on any atom is -0.377 e. The number of nitrogens with zero attached hydrogens (tertiary/aromatic N) is 3. The molecule has 1 atom stereocenters. The third kappa shape index (κ3) is 4.51. The number of carbonyl (C=O) groups is 1. The number of aromatic nitrogens is 2.